The van der Waals surface area contributed by atoms with Crippen molar-refractivity contribution in [3.63, 3.8) is 0 Å². The maximum absolute atomic E-state index is 14.5. The minimum absolute atomic E-state index is 0.140. The fourth-order valence-corrected chi connectivity index (χ4v) is 6.93. The van der Waals surface area contributed by atoms with Gasteiger partial charge in [0.2, 0.25) is 0 Å². The lowest BCUT2D eigenvalue weighted by Gasteiger charge is -2.25. The molecule has 0 fully saturated rings. The summed E-state index contributed by atoms with van der Waals surface area (Å²) in [5.41, 5.74) is 3.94. The number of allylic oxidation sites excluding steroid dienone is 1. The van der Waals surface area contributed by atoms with Crippen molar-refractivity contribution in [2.24, 2.45) is 10.9 Å². The van der Waals surface area contributed by atoms with E-state index in [0.29, 0.717) is 44.4 Å². The highest BCUT2D eigenvalue weighted by atomic mass is 32.1. The molecule has 0 radical (unpaired) electrons. The summed E-state index contributed by atoms with van der Waals surface area (Å²) in [6, 6.07) is 21.5. The van der Waals surface area contributed by atoms with Crippen LogP contribution >= 0.6 is 11.3 Å². The molecule has 1 aliphatic rings. The number of aromatic nitrogens is 3. The van der Waals surface area contributed by atoms with Crippen molar-refractivity contribution in [1.29, 1.82) is 0 Å². The molecule has 5 aromatic rings. The second-order valence-electron chi connectivity index (χ2n) is 12.6. The van der Waals surface area contributed by atoms with Gasteiger partial charge in [0.05, 0.1) is 47.9 Å². The van der Waals surface area contributed by atoms with Gasteiger partial charge in [-0.3, -0.25) is 14.2 Å². The van der Waals surface area contributed by atoms with E-state index in [1.807, 2.05) is 66.9 Å². The zero-order valence-electron chi connectivity index (χ0n) is 29.9. The summed E-state index contributed by atoms with van der Waals surface area (Å²) in [6.45, 7) is 9.83. The third kappa shape index (κ3) is 7.62. The summed E-state index contributed by atoms with van der Waals surface area (Å²) in [6.07, 6.45) is 4.66. The van der Waals surface area contributed by atoms with Crippen molar-refractivity contribution in [1.82, 2.24) is 14.3 Å². The molecule has 0 unspecified atom stereocenters. The average molecular weight is 721 g/mol. The molecule has 11 nitrogen and oxygen atoms in total. The van der Waals surface area contributed by atoms with Gasteiger partial charge in [-0.15, -0.1) is 0 Å². The van der Waals surface area contributed by atoms with Gasteiger partial charge in [0.1, 0.15) is 11.4 Å². The van der Waals surface area contributed by atoms with Crippen LogP contribution in [0.2, 0.25) is 0 Å². The highest BCUT2D eigenvalue weighted by Gasteiger charge is 2.34. The third-order valence-electron chi connectivity index (χ3n) is 8.42. The molecular formula is C40H40N4O7S. The SMILES string of the molecule is CCOC(=O)C1=C(C)N=c2s/c(=C\c3cn(-c4ccccc4)nc3-c3ccc(OCCC(C)C)cc3)c(=O)n2[C@H]1c1ccc(OC(C)=O)c(OC)c1. The van der Waals surface area contributed by atoms with Crippen LogP contribution in [0.4, 0.5) is 0 Å². The van der Waals surface area contributed by atoms with Gasteiger partial charge in [-0.2, -0.15) is 5.10 Å². The van der Waals surface area contributed by atoms with Gasteiger partial charge in [-0.1, -0.05) is 49.4 Å². The van der Waals surface area contributed by atoms with E-state index in [0.717, 1.165) is 23.4 Å². The van der Waals surface area contributed by atoms with Crippen molar-refractivity contribution >= 4 is 29.4 Å². The zero-order valence-corrected chi connectivity index (χ0v) is 30.7. The van der Waals surface area contributed by atoms with E-state index >= 15 is 0 Å². The molecule has 0 aliphatic carbocycles. The second kappa shape index (κ2) is 15.6. The Morgan fingerprint density at radius 3 is 2.44 bits per heavy atom. The predicted octanol–water partition coefficient (Wildman–Crippen LogP) is 6.01. The van der Waals surface area contributed by atoms with E-state index in [9.17, 15) is 14.4 Å². The first-order valence-electron chi connectivity index (χ1n) is 17.0. The number of para-hydroxylation sites is 1. The van der Waals surface area contributed by atoms with Crippen LogP contribution in [-0.4, -0.2) is 46.6 Å². The monoisotopic (exact) mass is 720 g/mol. The molecule has 0 saturated heterocycles. The van der Waals surface area contributed by atoms with Gasteiger partial charge in [0, 0.05) is 24.2 Å². The summed E-state index contributed by atoms with van der Waals surface area (Å²) in [4.78, 5) is 44.8. The Hall–Kier alpha value is -5.75. The van der Waals surface area contributed by atoms with Crippen LogP contribution in [0, 0.1) is 5.92 Å². The summed E-state index contributed by atoms with van der Waals surface area (Å²) in [5, 5.41) is 4.95. The predicted molar refractivity (Wildman–Crippen MR) is 199 cm³/mol. The number of hydrogen-bond donors (Lipinski definition) is 0. The highest BCUT2D eigenvalue weighted by Crippen LogP contribution is 2.36. The first kappa shape index (κ1) is 36.1. The van der Waals surface area contributed by atoms with Gasteiger partial charge >= 0.3 is 11.9 Å². The van der Waals surface area contributed by atoms with Crippen molar-refractivity contribution in [2.45, 2.75) is 47.1 Å². The maximum Gasteiger partial charge on any atom is 0.338 e. The van der Waals surface area contributed by atoms with Gasteiger partial charge in [0.15, 0.2) is 16.3 Å². The van der Waals surface area contributed by atoms with E-state index in [1.54, 1.807) is 36.7 Å². The topological polar surface area (TPSA) is 123 Å². The highest BCUT2D eigenvalue weighted by molar-refractivity contribution is 7.07. The Morgan fingerprint density at radius 2 is 1.77 bits per heavy atom. The van der Waals surface area contributed by atoms with E-state index in [-0.39, 0.29) is 29.2 Å². The number of carbonyl (C=O) groups is 2. The molecule has 2 aromatic heterocycles. The molecule has 12 heteroatoms. The molecule has 268 valence electrons. The molecule has 0 spiro atoms. The molecule has 0 saturated carbocycles. The van der Waals surface area contributed by atoms with Crippen LogP contribution in [0.5, 0.6) is 17.2 Å². The largest absolute Gasteiger partial charge is 0.494 e. The molecule has 0 amide bonds. The molecule has 0 N–H and O–H groups in total. The molecule has 1 atom stereocenters. The van der Waals surface area contributed by atoms with E-state index in [2.05, 4.69) is 13.8 Å². The maximum atomic E-state index is 14.5. The van der Waals surface area contributed by atoms with E-state index in [4.69, 9.17) is 29.0 Å². The Bertz CT molecular complexity index is 2320. The third-order valence-corrected chi connectivity index (χ3v) is 9.40. The van der Waals surface area contributed by atoms with Gasteiger partial charge in [-0.25, -0.2) is 14.5 Å². The van der Waals surface area contributed by atoms with Crippen molar-refractivity contribution in [2.75, 3.05) is 20.3 Å². The van der Waals surface area contributed by atoms with E-state index < -0.39 is 18.0 Å². The van der Waals surface area contributed by atoms with Gasteiger partial charge < -0.3 is 18.9 Å². The fraction of sp³-hybridized carbons (Fsp3) is 0.275. The zero-order chi connectivity index (χ0) is 36.9. The van der Waals surface area contributed by atoms with Crippen LogP contribution < -0.4 is 29.1 Å². The molecule has 0 bridgehead atoms. The molecule has 3 heterocycles. The van der Waals surface area contributed by atoms with Crippen molar-refractivity contribution in [3.05, 3.63) is 121 Å². The van der Waals surface area contributed by atoms with Crippen LogP contribution in [0.1, 0.15) is 58.2 Å². The average Bonchev–Trinajstić information content (AvgIpc) is 3.68. The Morgan fingerprint density at radius 1 is 1.02 bits per heavy atom. The first-order valence-corrected chi connectivity index (χ1v) is 17.8. The molecular weight excluding hydrogens is 681 g/mol. The van der Waals surface area contributed by atoms with Gasteiger partial charge in [0.25, 0.3) is 5.56 Å². The van der Waals surface area contributed by atoms with Crippen LogP contribution in [0.3, 0.4) is 0 Å². The molecule has 3 aromatic carbocycles. The van der Waals surface area contributed by atoms with Gasteiger partial charge in [-0.05, 0) is 86.4 Å². The first-order chi connectivity index (χ1) is 25.1. The minimum atomic E-state index is -0.896. The summed E-state index contributed by atoms with van der Waals surface area (Å²) >= 11 is 1.21. The van der Waals surface area contributed by atoms with Crippen molar-refractivity contribution < 1.29 is 28.5 Å². The smallest absolute Gasteiger partial charge is 0.338 e. The second-order valence-corrected chi connectivity index (χ2v) is 13.6. The lowest BCUT2D eigenvalue weighted by Crippen LogP contribution is -2.40. The molecule has 52 heavy (non-hydrogen) atoms. The molecule has 6 rings (SSSR count). The number of thiazole rings is 1. The minimum Gasteiger partial charge on any atom is -0.494 e. The quantitative estimate of drug-likeness (QED) is 0.114. The van der Waals surface area contributed by atoms with Crippen molar-refractivity contribution in [3.8, 4) is 34.2 Å². The Kier molecular flexibility index (Phi) is 10.8. The summed E-state index contributed by atoms with van der Waals surface area (Å²) < 4.78 is 25.9. The van der Waals surface area contributed by atoms with Crippen LogP contribution in [0.25, 0.3) is 23.0 Å². The summed E-state index contributed by atoms with van der Waals surface area (Å²) in [5.74, 6) is 0.690. The lowest BCUT2D eigenvalue weighted by atomic mass is 9.95. The fourth-order valence-electron chi connectivity index (χ4n) is 5.89. The number of esters is 2. The number of fused-ring (bicyclic) bond motifs is 1. The number of methoxy groups -OCH3 is 1. The number of ether oxygens (including phenoxy) is 4. The number of nitrogens with zero attached hydrogens (tertiary/aromatic N) is 4. The van der Waals surface area contributed by atoms with E-state index in [1.165, 1.54) is 29.9 Å². The molecule has 1 aliphatic heterocycles. The Labute approximate surface area is 305 Å². The summed E-state index contributed by atoms with van der Waals surface area (Å²) in [7, 11) is 1.45. The number of hydrogen-bond acceptors (Lipinski definition) is 10. The normalized spacial score (nSPS) is 14.2. The van der Waals surface area contributed by atoms with Crippen LogP contribution in [0.15, 0.2) is 100 Å². The van der Waals surface area contributed by atoms with Crippen LogP contribution in [-0.2, 0) is 14.3 Å². The number of carbonyl (C=O) groups excluding carboxylic acids is 2. The Balaban J connectivity index is 1.49. The lowest BCUT2D eigenvalue weighted by molar-refractivity contribution is -0.139. The number of benzene rings is 3. The standard InChI is InChI=1S/C40H40N4O7S/c1-7-49-39(47)35-25(4)41-40-44(37(35)28-15-18-32(51-26(5)45)33(21-28)48-6)38(46)34(52-40)22-29-23-43(30-11-9-8-10-12-30)42-36(29)27-13-16-31(17-14-27)50-20-19-24(2)3/h8-18,21-24,37H,7,19-20H2,1-6H3/b34-22-/t37-/m0/s1. The number of rotatable bonds is 12.